The van der Waals surface area contributed by atoms with Crippen molar-refractivity contribution in [1.82, 2.24) is 10.2 Å². The molecule has 4 rings (SSSR count). The molecular weight excluding hydrogens is 402 g/mol. The van der Waals surface area contributed by atoms with Crippen LogP contribution in [0.2, 0.25) is 0 Å². The van der Waals surface area contributed by atoms with Gasteiger partial charge in [0.2, 0.25) is 5.13 Å². The monoisotopic (exact) mass is 425 g/mol. The van der Waals surface area contributed by atoms with Gasteiger partial charge in [0.15, 0.2) is 10.1 Å². The minimum Gasteiger partial charge on any atom is -0.492 e. The van der Waals surface area contributed by atoms with Gasteiger partial charge in [-0.2, -0.15) is 0 Å². The molecule has 29 heavy (non-hydrogen) atoms. The number of carbonyl (C=O) groups is 1. The number of anilines is 2. The smallest absolute Gasteiger partial charge is 0.210 e. The number of carbonyl (C=O) groups excluding carboxylic acids is 1. The van der Waals surface area contributed by atoms with Crippen LogP contribution in [0.4, 0.5) is 10.8 Å². The molecule has 0 radical (unpaired) electrons. The molecule has 0 amide bonds. The molecule has 1 N–H and O–H groups in total. The number of aromatic nitrogens is 2. The molecule has 0 aliphatic heterocycles. The molecule has 1 atom stereocenters. The highest BCUT2D eigenvalue weighted by Gasteiger charge is 2.21. The van der Waals surface area contributed by atoms with Crippen molar-refractivity contribution in [3.63, 3.8) is 0 Å². The molecule has 1 aromatic heterocycles. The van der Waals surface area contributed by atoms with Gasteiger partial charge in [-0.1, -0.05) is 47.4 Å². The molecule has 2 aromatic carbocycles. The van der Waals surface area contributed by atoms with Crippen molar-refractivity contribution in [1.29, 1.82) is 0 Å². The topological polar surface area (TPSA) is 64.1 Å². The molecular formula is C22H23N3O2S2. The molecule has 5 nitrogen and oxygen atoms in total. The van der Waals surface area contributed by atoms with Crippen LogP contribution in [0.15, 0.2) is 46.8 Å². The first-order valence-electron chi connectivity index (χ1n) is 9.79. The van der Waals surface area contributed by atoms with E-state index in [0.29, 0.717) is 11.7 Å². The molecule has 1 aliphatic carbocycles. The van der Waals surface area contributed by atoms with Crippen LogP contribution in [0.3, 0.4) is 0 Å². The molecule has 0 saturated carbocycles. The summed E-state index contributed by atoms with van der Waals surface area (Å²) in [7, 11) is 0. The summed E-state index contributed by atoms with van der Waals surface area (Å²) >= 11 is 2.89. The van der Waals surface area contributed by atoms with Crippen molar-refractivity contribution in [2.24, 2.45) is 0 Å². The van der Waals surface area contributed by atoms with Gasteiger partial charge in [0.1, 0.15) is 5.75 Å². The second-order valence-corrected chi connectivity index (χ2v) is 9.45. The number of benzene rings is 2. The maximum absolute atomic E-state index is 12.9. The van der Waals surface area contributed by atoms with E-state index in [2.05, 4.69) is 27.6 Å². The van der Waals surface area contributed by atoms with Crippen molar-refractivity contribution in [2.75, 3.05) is 11.9 Å². The molecule has 1 aliphatic rings. The Bertz CT molecular complexity index is 1020. The van der Waals surface area contributed by atoms with Crippen molar-refractivity contribution in [3.05, 3.63) is 59.2 Å². The Kier molecular flexibility index (Phi) is 6.16. The van der Waals surface area contributed by atoms with E-state index in [4.69, 9.17) is 4.74 Å². The Labute approximate surface area is 178 Å². The molecule has 7 heteroatoms. The maximum atomic E-state index is 12.9. The summed E-state index contributed by atoms with van der Waals surface area (Å²) in [5.41, 5.74) is 4.35. The lowest BCUT2D eigenvalue weighted by Gasteiger charge is -2.10. The first-order valence-corrected chi connectivity index (χ1v) is 11.5. The van der Waals surface area contributed by atoms with Gasteiger partial charge in [-0.25, -0.2) is 0 Å². The zero-order chi connectivity index (χ0) is 20.2. The van der Waals surface area contributed by atoms with Crippen LogP contribution in [0.5, 0.6) is 5.75 Å². The fraction of sp³-hybridized carbons (Fsp3) is 0.318. The van der Waals surface area contributed by atoms with Crippen molar-refractivity contribution in [3.8, 4) is 5.75 Å². The van der Waals surface area contributed by atoms with Gasteiger partial charge >= 0.3 is 0 Å². The number of thioether (sulfide) groups is 1. The van der Waals surface area contributed by atoms with E-state index >= 15 is 0 Å². The van der Waals surface area contributed by atoms with Gasteiger partial charge in [0.25, 0.3) is 0 Å². The van der Waals surface area contributed by atoms with E-state index in [0.717, 1.165) is 34.2 Å². The van der Waals surface area contributed by atoms with E-state index in [1.54, 1.807) is 0 Å². The van der Waals surface area contributed by atoms with Crippen LogP contribution in [0, 0.1) is 0 Å². The fourth-order valence-corrected chi connectivity index (χ4v) is 5.42. The second kappa shape index (κ2) is 8.97. The van der Waals surface area contributed by atoms with Gasteiger partial charge in [0.05, 0.1) is 17.5 Å². The molecule has 150 valence electrons. The van der Waals surface area contributed by atoms with Crippen LogP contribution < -0.4 is 10.1 Å². The molecule has 0 unspecified atom stereocenters. The summed E-state index contributed by atoms with van der Waals surface area (Å²) in [4.78, 5) is 12.9. The second-order valence-electron chi connectivity index (χ2n) is 6.89. The van der Waals surface area contributed by atoms with E-state index in [1.807, 2.05) is 44.2 Å². The van der Waals surface area contributed by atoms with Crippen LogP contribution >= 0.6 is 23.1 Å². The predicted molar refractivity (Wildman–Crippen MR) is 119 cm³/mol. The number of nitrogens with zero attached hydrogens (tertiary/aromatic N) is 2. The number of hydrogen-bond donors (Lipinski definition) is 1. The van der Waals surface area contributed by atoms with Gasteiger partial charge < -0.3 is 10.1 Å². The summed E-state index contributed by atoms with van der Waals surface area (Å²) in [5.74, 6) is 0.913. The lowest BCUT2D eigenvalue weighted by molar-refractivity contribution is 0.0994. The minimum atomic E-state index is -0.217. The van der Waals surface area contributed by atoms with Gasteiger partial charge in [-0.3, -0.25) is 4.79 Å². The van der Waals surface area contributed by atoms with E-state index in [9.17, 15) is 4.79 Å². The standard InChI is InChI=1S/C22H23N3O2S2/c1-3-27-19-10-5-4-9-18(19)23-21-24-25-22(29-21)28-14(2)20(26)17-12-11-15-7-6-8-16(15)13-17/h4-5,9-14H,3,6-8H2,1-2H3,(H,23,24)/t14-/m1/s1. The van der Waals surface area contributed by atoms with E-state index in [1.165, 1.54) is 40.6 Å². The Morgan fingerprint density at radius 2 is 2.03 bits per heavy atom. The van der Waals surface area contributed by atoms with E-state index in [-0.39, 0.29) is 11.0 Å². The summed E-state index contributed by atoms with van der Waals surface area (Å²) in [6, 6.07) is 13.9. The first-order chi connectivity index (χ1) is 14.1. The average Bonchev–Trinajstić information content (AvgIpc) is 3.37. The van der Waals surface area contributed by atoms with Gasteiger partial charge in [-0.05, 0) is 62.4 Å². The first kappa shape index (κ1) is 19.9. The van der Waals surface area contributed by atoms with Crippen LogP contribution in [-0.2, 0) is 12.8 Å². The highest BCUT2D eigenvalue weighted by atomic mass is 32.2. The number of ether oxygens (including phenoxy) is 1. The fourth-order valence-electron chi connectivity index (χ4n) is 3.44. The van der Waals surface area contributed by atoms with Crippen LogP contribution in [0.1, 0.15) is 41.8 Å². The lowest BCUT2D eigenvalue weighted by atomic mass is 10.0. The normalized spacial score (nSPS) is 13.7. The average molecular weight is 426 g/mol. The van der Waals surface area contributed by atoms with Crippen molar-refractivity contribution >= 4 is 39.7 Å². The lowest BCUT2D eigenvalue weighted by Crippen LogP contribution is -2.13. The number of para-hydroxylation sites is 2. The van der Waals surface area contributed by atoms with Crippen LogP contribution in [-0.4, -0.2) is 27.8 Å². The predicted octanol–water partition coefficient (Wildman–Crippen LogP) is 5.53. The minimum absolute atomic E-state index is 0.135. The largest absolute Gasteiger partial charge is 0.492 e. The summed E-state index contributed by atoms with van der Waals surface area (Å²) < 4.78 is 6.40. The Morgan fingerprint density at radius 3 is 2.90 bits per heavy atom. The molecule has 0 fully saturated rings. The third kappa shape index (κ3) is 4.62. The van der Waals surface area contributed by atoms with Gasteiger partial charge in [0, 0.05) is 5.56 Å². The van der Waals surface area contributed by atoms with E-state index < -0.39 is 0 Å². The number of hydrogen-bond acceptors (Lipinski definition) is 7. The third-order valence-electron chi connectivity index (χ3n) is 4.86. The Hall–Kier alpha value is -2.38. The maximum Gasteiger partial charge on any atom is 0.210 e. The highest BCUT2D eigenvalue weighted by Crippen LogP contribution is 2.34. The summed E-state index contributed by atoms with van der Waals surface area (Å²) in [6.45, 7) is 4.48. The molecule has 0 spiro atoms. The zero-order valence-electron chi connectivity index (χ0n) is 16.5. The van der Waals surface area contributed by atoms with Gasteiger partial charge in [-0.15, -0.1) is 10.2 Å². The molecule has 1 heterocycles. The van der Waals surface area contributed by atoms with Crippen molar-refractivity contribution in [2.45, 2.75) is 42.7 Å². The molecule has 0 bridgehead atoms. The van der Waals surface area contributed by atoms with Crippen LogP contribution in [0.25, 0.3) is 0 Å². The summed E-state index contributed by atoms with van der Waals surface area (Å²) in [6.07, 6.45) is 3.39. The number of nitrogens with one attached hydrogen (secondary N) is 1. The molecule has 0 saturated heterocycles. The number of rotatable bonds is 8. The summed E-state index contributed by atoms with van der Waals surface area (Å²) in [5, 5.41) is 12.2. The number of fused-ring (bicyclic) bond motifs is 1. The third-order valence-corrected chi connectivity index (χ3v) is 6.89. The Morgan fingerprint density at radius 1 is 1.21 bits per heavy atom. The van der Waals surface area contributed by atoms with Crippen molar-refractivity contribution < 1.29 is 9.53 Å². The number of Topliss-reactive ketones (excluding diaryl/α,β-unsaturated/α-hetero) is 1. The number of ketones is 1. The number of aryl methyl sites for hydroxylation is 2. The Balaban J connectivity index is 1.42. The zero-order valence-corrected chi connectivity index (χ0v) is 18.1. The SMILES string of the molecule is CCOc1ccccc1Nc1nnc(S[C@H](C)C(=O)c2ccc3c(c2)CCC3)s1. The quantitative estimate of drug-likeness (QED) is 0.378. The highest BCUT2D eigenvalue weighted by molar-refractivity contribution is 8.02. The molecule has 3 aromatic rings.